The van der Waals surface area contributed by atoms with Gasteiger partial charge in [0.2, 0.25) is 0 Å². The first-order chi connectivity index (χ1) is 10.3. The Hall–Kier alpha value is -2.81. The second kappa shape index (κ2) is 5.67. The van der Waals surface area contributed by atoms with E-state index in [0.29, 0.717) is 22.8 Å². The summed E-state index contributed by atoms with van der Waals surface area (Å²) in [7, 11) is 1.55. The normalized spacial score (nSPS) is 10.3. The Labute approximate surface area is 122 Å². The van der Waals surface area contributed by atoms with Gasteiger partial charge in [-0.25, -0.2) is 0 Å². The number of benzene rings is 3. The van der Waals surface area contributed by atoms with Gasteiger partial charge in [0.25, 0.3) is 0 Å². The summed E-state index contributed by atoms with van der Waals surface area (Å²) in [5.41, 5.74) is 0.461. The highest BCUT2D eigenvalue weighted by atomic mass is 16.5. The van der Waals surface area contributed by atoms with Crippen molar-refractivity contribution in [2.45, 2.75) is 0 Å². The molecule has 0 aromatic heterocycles. The lowest BCUT2D eigenvalue weighted by molar-refractivity contribution is 0.112. The summed E-state index contributed by atoms with van der Waals surface area (Å²) < 4.78 is 11.1. The molecule has 0 aliphatic heterocycles. The first-order valence-corrected chi connectivity index (χ1v) is 6.60. The zero-order valence-corrected chi connectivity index (χ0v) is 11.6. The van der Waals surface area contributed by atoms with E-state index < -0.39 is 0 Å². The molecule has 0 saturated carbocycles. The van der Waals surface area contributed by atoms with Gasteiger partial charge < -0.3 is 9.47 Å². The first-order valence-electron chi connectivity index (χ1n) is 6.60. The summed E-state index contributed by atoms with van der Waals surface area (Å²) in [4.78, 5) is 11.2. The van der Waals surface area contributed by atoms with E-state index in [1.54, 1.807) is 25.3 Å². The zero-order valence-electron chi connectivity index (χ0n) is 11.6. The maximum Gasteiger partial charge on any atom is 0.179 e. The van der Waals surface area contributed by atoms with E-state index in [1.807, 2.05) is 42.5 Å². The van der Waals surface area contributed by atoms with E-state index in [-0.39, 0.29) is 0 Å². The highest BCUT2D eigenvalue weighted by Gasteiger charge is 2.11. The van der Waals surface area contributed by atoms with Gasteiger partial charge in [0.05, 0.1) is 12.7 Å². The zero-order chi connectivity index (χ0) is 14.7. The van der Waals surface area contributed by atoms with Crippen LogP contribution in [0, 0.1) is 0 Å². The quantitative estimate of drug-likeness (QED) is 0.661. The number of ether oxygens (including phenoxy) is 2. The molecule has 3 rings (SSSR count). The summed E-state index contributed by atoms with van der Waals surface area (Å²) in [6.07, 6.45) is 0.763. The van der Waals surface area contributed by atoms with Crippen molar-refractivity contribution in [3.05, 3.63) is 66.2 Å². The number of rotatable bonds is 4. The SMILES string of the molecule is COc1cccc(C=O)c1Oc1ccc2ccccc2c1. The Kier molecular flexibility index (Phi) is 3.56. The van der Waals surface area contributed by atoms with Crippen LogP contribution in [0.15, 0.2) is 60.7 Å². The van der Waals surface area contributed by atoms with Gasteiger partial charge >= 0.3 is 0 Å². The van der Waals surface area contributed by atoms with Crippen LogP contribution < -0.4 is 9.47 Å². The molecule has 0 radical (unpaired) electrons. The first kappa shape index (κ1) is 13.2. The van der Waals surface area contributed by atoms with Gasteiger partial charge in [0.15, 0.2) is 17.8 Å². The molecule has 0 bridgehead atoms. The van der Waals surface area contributed by atoms with Crippen LogP contribution in [-0.2, 0) is 0 Å². The minimum atomic E-state index is 0.435. The number of para-hydroxylation sites is 1. The highest BCUT2D eigenvalue weighted by Crippen LogP contribution is 2.35. The summed E-state index contributed by atoms with van der Waals surface area (Å²) in [6, 6.07) is 19.1. The van der Waals surface area contributed by atoms with Gasteiger partial charge in [0, 0.05) is 0 Å². The number of hydrogen-bond donors (Lipinski definition) is 0. The van der Waals surface area contributed by atoms with Crippen LogP contribution in [0.4, 0.5) is 0 Å². The van der Waals surface area contributed by atoms with Gasteiger partial charge in [-0.05, 0) is 35.0 Å². The molecule has 0 unspecified atom stereocenters. The van der Waals surface area contributed by atoms with E-state index >= 15 is 0 Å². The largest absolute Gasteiger partial charge is 0.493 e. The minimum absolute atomic E-state index is 0.435. The molecule has 0 saturated heterocycles. The lowest BCUT2D eigenvalue weighted by Gasteiger charge is -2.12. The Balaban J connectivity index is 2.03. The van der Waals surface area contributed by atoms with Gasteiger partial charge in [-0.2, -0.15) is 0 Å². The smallest absolute Gasteiger partial charge is 0.179 e. The molecule has 0 aliphatic carbocycles. The van der Waals surface area contributed by atoms with Crippen LogP contribution in [0.1, 0.15) is 10.4 Å². The van der Waals surface area contributed by atoms with Crippen LogP contribution in [0.2, 0.25) is 0 Å². The fourth-order valence-electron chi connectivity index (χ4n) is 2.24. The third kappa shape index (κ3) is 2.58. The third-order valence-electron chi connectivity index (χ3n) is 3.30. The Bertz CT molecular complexity index is 793. The molecule has 0 heterocycles. The number of carbonyl (C=O) groups is 1. The summed E-state index contributed by atoms with van der Waals surface area (Å²) >= 11 is 0. The van der Waals surface area contributed by atoms with Crippen molar-refractivity contribution in [2.24, 2.45) is 0 Å². The molecule has 104 valence electrons. The molecule has 21 heavy (non-hydrogen) atoms. The van der Waals surface area contributed by atoms with Crippen molar-refractivity contribution < 1.29 is 14.3 Å². The molecule has 3 aromatic rings. The topological polar surface area (TPSA) is 35.5 Å². The molecule has 0 amide bonds. The van der Waals surface area contributed by atoms with Crippen LogP contribution in [0.3, 0.4) is 0 Å². The van der Waals surface area contributed by atoms with Gasteiger partial charge in [-0.3, -0.25) is 4.79 Å². The van der Waals surface area contributed by atoms with Gasteiger partial charge in [-0.15, -0.1) is 0 Å². The Morgan fingerprint density at radius 3 is 2.48 bits per heavy atom. The van der Waals surface area contributed by atoms with Crippen molar-refractivity contribution >= 4 is 17.1 Å². The molecule has 0 fully saturated rings. The average Bonchev–Trinajstić information content (AvgIpc) is 2.55. The van der Waals surface area contributed by atoms with E-state index in [9.17, 15) is 4.79 Å². The lowest BCUT2D eigenvalue weighted by atomic mass is 10.1. The second-order valence-electron chi connectivity index (χ2n) is 4.61. The van der Waals surface area contributed by atoms with Crippen molar-refractivity contribution in [2.75, 3.05) is 7.11 Å². The predicted molar refractivity (Wildman–Crippen MR) is 82.4 cm³/mol. The number of hydrogen-bond acceptors (Lipinski definition) is 3. The van der Waals surface area contributed by atoms with E-state index in [4.69, 9.17) is 9.47 Å². The lowest BCUT2D eigenvalue weighted by Crippen LogP contribution is -1.94. The molecule has 0 spiro atoms. The molecular weight excluding hydrogens is 264 g/mol. The summed E-state index contributed by atoms with van der Waals surface area (Å²) in [5.74, 6) is 1.64. The monoisotopic (exact) mass is 278 g/mol. The van der Waals surface area contributed by atoms with Crippen LogP contribution in [0.5, 0.6) is 17.2 Å². The molecule has 3 heteroatoms. The molecular formula is C18H14O3. The third-order valence-corrected chi connectivity index (χ3v) is 3.30. The molecule has 3 aromatic carbocycles. The van der Waals surface area contributed by atoms with Crippen LogP contribution in [-0.4, -0.2) is 13.4 Å². The molecule has 3 nitrogen and oxygen atoms in total. The maximum atomic E-state index is 11.2. The standard InChI is InChI=1S/C18H14O3/c1-20-17-8-4-7-15(12-19)18(17)21-16-10-9-13-5-2-3-6-14(13)11-16/h2-12H,1H3. The van der Waals surface area contributed by atoms with Crippen LogP contribution >= 0.6 is 0 Å². The second-order valence-corrected chi connectivity index (χ2v) is 4.61. The number of aldehydes is 1. The minimum Gasteiger partial charge on any atom is -0.493 e. The predicted octanol–water partition coefficient (Wildman–Crippen LogP) is 4.45. The number of methoxy groups -OCH3 is 1. The Morgan fingerprint density at radius 2 is 1.71 bits per heavy atom. The average molecular weight is 278 g/mol. The fraction of sp³-hybridized carbons (Fsp3) is 0.0556. The van der Waals surface area contributed by atoms with E-state index in [0.717, 1.165) is 17.1 Å². The van der Waals surface area contributed by atoms with Crippen molar-refractivity contribution in [3.63, 3.8) is 0 Å². The number of carbonyl (C=O) groups excluding carboxylic acids is 1. The van der Waals surface area contributed by atoms with Crippen molar-refractivity contribution in [3.8, 4) is 17.2 Å². The molecule has 0 aliphatic rings. The van der Waals surface area contributed by atoms with Crippen molar-refractivity contribution in [1.29, 1.82) is 0 Å². The summed E-state index contributed by atoms with van der Waals surface area (Å²) in [5, 5.41) is 2.22. The van der Waals surface area contributed by atoms with E-state index in [2.05, 4.69) is 0 Å². The van der Waals surface area contributed by atoms with Crippen molar-refractivity contribution in [1.82, 2.24) is 0 Å². The number of fused-ring (bicyclic) bond motifs is 1. The van der Waals surface area contributed by atoms with Gasteiger partial charge in [0.1, 0.15) is 5.75 Å². The summed E-state index contributed by atoms with van der Waals surface area (Å²) in [6.45, 7) is 0. The van der Waals surface area contributed by atoms with Gasteiger partial charge in [-0.1, -0.05) is 36.4 Å². The van der Waals surface area contributed by atoms with E-state index in [1.165, 1.54) is 0 Å². The fourth-order valence-corrected chi connectivity index (χ4v) is 2.24. The Morgan fingerprint density at radius 1 is 0.905 bits per heavy atom. The molecule has 0 N–H and O–H groups in total. The molecule has 0 atom stereocenters. The highest BCUT2D eigenvalue weighted by molar-refractivity contribution is 5.84. The van der Waals surface area contributed by atoms with Crippen LogP contribution in [0.25, 0.3) is 10.8 Å². The maximum absolute atomic E-state index is 11.2.